The molecule has 0 aliphatic carbocycles. The van der Waals surface area contributed by atoms with E-state index in [0.717, 1.165) is 0 Å². The zero-order valence-electron chi connectivity index (χ0n) is 14.4. The highest BCUT2D eigenvalue weighted by molar-refractivity contribution is 6.35. The van der Waals surface area contributed by atoms with Crippen LogP contribution < -0.4 is 5.32 Å². The number of ether oxygens (including phenoxy) is 1. The van der Waals surface area contributed by atoms with Crippen molar-refractivity contribution in [2.75, 3.05) is 5.32 Å². The third-order valence-corrected chi connectivity index (χ3v) is 4.28. The molecule has 7 heteroatoms. The van der Waals surface area contributed by atoms with Gasteiger partial charge in [0.15, 0.2) is 0 Å². The quantitative estimate of drug-likeness (QED) is 0.619. The summed E-state index contributed by atoms with van der Waals surface area (Å²) in [5.41, 5.74) is 1.30. The zero-order chi connectivity index (χ0) is 19.4. The van der Waals surface area contributed by atoms with Crippen molar-refractivity contribution in [3.63, 3.8) is 0 Å². The molecular formula is C20H16Cl2N2O3. The highest BCUT2D eigenvalue weighted by atomic mass is 35.5. The Morgan fingerprint density at radius 3 is 2.26 bits per heavy atom. The second-order valence-electron chi connectivity index (χ2n) is 5.85. The number of nitrogens with zero attached hydrogens (tertiary/aromatic N) is 1. The molecule has 2 aromatic carbocycles. The van der Waals surface area contributed by atoms with Gasteiger partial charge in [0.05, 0.1) is 0 Å². The van der Waals surface area contributed by atoms with Crippen LogP contribution in [0.1, 0.15) is 22.2 Å². The van der Waals surface area contributed by atoms with Gasteiger partial charge in [-0.3, -0.25) is 4.79 Å². The topological polar surface area (TPSA) is 60.3 Å². The lowest BCUT2D eigenvalue weighted by Crippen LogP contribution is -2.26. The number of anilines is 1. The number of aryl methyl sites for hydroxylation is 1. The minimum absolute atomic E-state index is 0.342. The Kier molecular flexibility index (Phi) is 5.84. The SMILES string of the molecule is Cn1cccc1C(=O)OC(C(=O)Nc1cc(Cl)cc(Cl)c1)c1ccccc1. The number of benzene rings is 2. The highest BCUT2D eigenvalue weighted by Gasteiger charge is 2.26. The van der Waals surface area contributed by atoms with Gasteiger partial charge < -0.3 is 14.6 Å². The van der Waals surface area contributed by atoms with E-state index in [1.165, 1.54) is 0 Å². The first kappa shape index (κ1) is 19.0. The maximum Gasteiger partial charge on any atom is 0.356 e. The summed E-state index contributed by atoms with van der Waals surface area (Å²) in [6.07, 6.45) is 0.591. The Balaban J connectivity index is 1.86. The molecule has 1 N–H and O–H groups in total. The predicted octanol–water partition coefficient (Wildman–Crippen LogP) is 4.87. The highest BCUT2D eigenvalue weighted by Crippen LogP contribution is 2.25. The zero-order valence-corrected chi connectivity index (χ0v) is 15.9. The summed E-state index contributed by atoms with van der Waals surface area (Å²) in [5.74, 6) is -1.11. The fraction of sp³-hybridized carbons (Fsp3) is 0.100. The molecule has 0 aliphatic heterocycles. The molecule has 0 saturated heterocycles. The number of carbonyl (C=O) groups excluding carboxylic acids is 2. The third-order valence-electron chi connectivity index (χ3n) is 3.85. The minimum atomic E-state index is -1.13. The van der Waals surface area contributed by atoms with E-state index in [2.05, 4.69) is 5.32 Å². The number of hydrogen-bond donors (Lipinski definition) is 1. The number of amides is 1. The van der Waals surface area contributed by atoms with Crippen molar-refractivity contribution in [1.82, 2.24) is 4.57 Å². The summed E-state index contributed by atoms with van der Waals surface area (Å²) in [7, 11) is 1.72. The average Bonchev–Trinajstić information content (AvgIpc) is 3.05. The van der Waals surface area contributed by atoms with Crippen LogP contribution in [0.25, 0.3) is 0 Å². The van der Waals surface area contributed by atoms with E-state index < -0.39 is 18.0 Å². The molecule has 0 aliphatic rings. The molecule has 3 rings (SSSR count). The van der Waals surface area contributed by atoms with Crippen molar-refractivity contribution >= 4 is 40.8 Å². The maximum atomic E-state index is 12.8. The lowest BCUT2D eigenvalue weighted by atomic mass is 10.1. The Labute approximate surface area is 166 Å². The summed E-state index contributed by atoms with van der Waals surface area (Å²) in [4.78, 5) is 25.4. The smallest absolute Gasteiger partial charge is 0.356 e. The largest absolute Gasteiger partial charge is 0.443 e. The fourth-order valence-corrected chi connectivity index (χ4v) is 3.10. The van der Waals surface area contributed by atoms with Gasteiger partial charge in [0, 0.05) is 34.5 Å². The molecule has 27 heavy (non-hydrogen) atoms. The van der Waals surface area contributed by atoms with Gasteiger partial charge in [-0.25, -0.2) is 4.79 Å². The van der Waals surface area contributed by atoms with E-state index in [-0.39, 0.29) is 0 Å². The van der Waals surface area contributed by atoms with Crippen LogP contribution in [0.15, 0.2) is 66.9 Å². The molecule has 0 fully saturated rings. The summed E-state index contributed by atoms with van der Waals surface area (Å²) in [6, 6.07) is 16.8. The number of rotatable bonds is 5. The number of halogens is 2. The van der Waals surface area contributed by atoms with Crippen molar-refractivity contribution in [1.29, 1.82) is 0 Å². The molecule has 0 saturated carbocycles. The lowest BCUT2D eigenvalue weighted by molar-refractivity contribution is -0.125. The molecule has 0 bridgehead atoms. The summed E-state index contributed by atoms with van der Waals surface area (Å²) >= 11 is 12.0. The van der Waals surface area contributed by atoms with Crippen LogP contribution in [0.2, 0.25) is 10.0 Å². The number of hydrogen-bond acceptors (Lipinski definition) is 3. The number of aromatic nitrogens is 1. The van der Waals surface area contributed by atoms with Crippen molar-refractivity contribution in [3.05, 3.63) is 88.2 Å². The number of esters is 1. The molecule has 1 aromatic heterocycles. The van der Waals surface area contributed by atoms with Gasteiger partial charge >= 0.3 is 5.97 Å². The van der Waals surface area contributed by atoms with E-state index in [1.54, 1.807) is 72.4 Å². The van der Waals surface area contributed by atoms with Crippen LogP contribution in [0.3, 0.4) is 0 Å². The molecule has 1 amide bonds. The van der Waals surface area contributed by atoms with Crippen molar-refractivity contribution in [3.8, 4) is 0 Å². The molecule has 5 nitrogen and oxygen atoms in total. The van der Waals surface area contributed by atoms with Crippen LogP contribution in [0, 0.1) is 0 Å². The molecular weight excluding hydrogens is 387 g/mol. The van der Waals surface area contributed by atoms with Crippen molar-refractivity contribution in [2.24, 2.45) is 7.05 Å². The van der Waals surface area contributed by atoms with E-state index in [0.29, 0.717) is 27.0 Å². The molecule has 1 atom stereocenters. The van der Waals surface area contributed by atoms with Gasteiger partial charge in [0.2, 0.25) is 6.10 Å². The predicted molar refractivity (Wildman–Crippen MR) is 105 cm³/mol. The Bertz CT molecular complexity index is 950. The summed E-state index contributed by atoms with van der Waals surface area (Å²) in [6.45, 7) is 0. The second kappa shape index (κ2) is 8.29. The van der Waals surface area contributed by atoms with E-state index in [9.17, 15) is 9.59 Å². The molecule has 0 radical (unpaired) electrons. The Morgan fingerprint density at radius 2 is 1.67 bits per heavy atom. The van der Waals surface area contributed by atoms with Crippen LogP contribution in [-0.4, -0.2) is 16.4 Å². The fourth-order valence-electron chi connectivity index (χ4n) is 2.58. The first-order chi connectivity index (χ1) is 12.9. The van der Waals surface area contributed by atoms with Crippen LogP contribution in [0.4, 0.5) is 5.69 Å². The van der Waals surface area contributed by atoms with Gasteiger partial charge in [-0.05, 0) is 30.3 Å². The second-order valence-corrected chi connectivity index (χ2v) is 6.72. The van der Waals surface area contributed by atoms with Gasteiger partial charge in [0.1, 0.15) is 5.69 Å². The normalized spacial score (nSPS) is 11.7. The number of carbonyl (C=O) groups is 2. The Morgan fingerprint density at radius 1 is 1.00 bits per heavy atom. The van der Waals surface area contributed by atoms with Crippen LogP contribution in [0.5, 0.6) is 0 Å². The average molecular weight is 403 g/mol. The minimum Gasteiger partial charge on any atom is -0.443 e. The maximum absolute atomic E-state index is 12.8. The first-order valence-electron chi connectivity index (χ1n) is 8.08. The molecule has 1 heterocycles. The monoisotopic (exact) mass is 402 g/mol. The van der Waals surface area contributed by atoms with Crippen LogP contribution in [-0.2, 0) is 16.6 Å². The van der Waals surface area contributed by atoms with Crippen LogP contribution >= 0.6 is 23.2 Å². The number of nitrogens with one attached hydrogen (secondary N) is 1. The summed E-state index contributed by atoms with van der Waals surface area (Å²) in [5, 5.41) is 3.46. The summed E-state index contributed by atoms with van der Waals surface area (Å²) < 4.78 is 7.14. The Hall–Kier alpha value is -2.76. The van der Waals surface area contributed by atoms with Gasteiger partial charge in [0.25, 0.3) is 5.91 Å². The van der Waals surface area contributed by atoms with Gasteiger partial charge in [-0.15, -0.1) is 0 Å². The molecule has 0 spiro atoms. The third kappa shape index (κ3) is 4.70. The van der Waals surface area contributed by atoms with Gasteiger partial charge in [-0.2, -0.15) is 0 Å². The molecule has 3 aromatic rings. The van der Waals surface area contributed by atoms with Crippen molar-refractivity contribution in [2.45, 2.75) is 6.10 Å². The van der Waals surface area contributed by atoms with E-state index in [1.807, 2.05) is 6.07 Å². The first-order valence-corrected chi connectivity index (χ1v) is 8.84. The molecule has 1 unspecified atom stereocenters. The molecule has 138 valence electrons. The lowest BCUT2D eigenvalue weighted by Gasteiger charge is -2.18. The standard InChI is InChI=1S/C20H16Cl2N2O3/c1-24-9-5-8-17(24)20(26)27-18(13-6-3-2-4-7-13)19(25)23-16-11-14(21)10-15(22)12-16/h2-12,18H,1H3,(H,23,25). The van der Waals surface area contributed by atoms with E-state index >= 15 is 0 Å². The van der Waals surface area contributed by atoms with E-state index in [4.69, 9.17) is 27.9 Å². The van der Waals surface area contributed by atoms with Gasteiger partial charge in [-0.1, -0.05) is 53.5 Å². The van der Waals surface area contributed by atoms with Crippen molar-refractivity contribution < 1.29 is 14.3 Å².